The van der Waals surface area contributed by atoms with Gasteiger partial charge in [0, 0.05) is 41.6 Å². The molecule has 2 aromatic carbocycles. The summed E-state index contributed by atoms with van der Waals surface area (Å²) in [5.41, 5.74) is 9.00. The lowest BCUT2D eigenvalue weighted by molar-refractivity contribution is 0.0687. The molecule has 0 aliphatic heterocycles. The maximum Gasteiger partial charge on any atom is 0.159 e. The minimum absolute atomic E-state index is 0.314. The van der Waals surface area contributed by atoms with Crippen LogP contribution in [-0.4, -0.2) is 20.1 Å². The highest BCUT2D eigenvalue weighted by molar-refractivity contribution is 6.34. The van der Waals surface area contributed by atoms with Gasteiger partial charge in [0.25, 0.3) is 0 Å². The van der Waals surface area contributed by atoms with Crippen molar-refractivity contribution in [3.63, 3.8) is 0 Å². The number of rotatable bonds is 6. The Balaban J connectivity index is 1.74. The molecule has 4 N–H and O–H groups in total. The predicted molar refractivity (Wildman–Crippen MR) is 129 cm³/mol. The van der Waals surface area contributed by atoms with Crippen molar-refractivity contribution in [2.45, 2.75) is 39.0 Å². The Labute approximate surface area is 196 Å². The van der Waals surface area contributed by atoms with E-state index in [1.54, 1.807) is 44.6 Å². The number of aromatic nitrogens is 3. The fourth-order valence-electron chi connectivity index (χ4n) is 3.63. The van der Waals surface area contributed by atoms with E-state index < -0.39 is 5.60 Å². The topological polar surface area (TPSA) is 97.0 Å². The number of nitrogens with two attached hydrogens (primary N) is 1. The van der Waals surface area contributed by atoms with Crippen LogP contribution in [-0.2, 0) is 12.1 Å². The molecule has 6 nitrogen and oxygen atoms in total. The van der Waals surface area contributed by atoms with E-state index in [1.807, 2.05) is 25.1 Å². The van der Waals surface area contributed by atoms with Gasteiger partial charge in [0.2, 0.25) is 0 Å². The van der Waals surface area contributed by atoms with E-state index in [0.29, 0.717) is 28.6 Å². The smallest absolute Gasteiger partial charge is 0.159 e. The van der Waals surface area contributed by atoms with Crippen LogP contribution in [0.4, 0.5) is 10.1 Å². The normalized spacial score (nSPS) is 12.7. The lowest BCUT2D eigenvalue weighted by atomic mass is 10.0. The van der Waals surface area contributed by atoms with Gasteiger partial charge in [0.05, 0.1) is 22.3 Å². The number of nitrogens with zero attached hydrogens (tertiary/aromatic N) is 3. The number of fused-ring (bicyclic) bond motifs is 1. The van der Waals surface area contributed by atoms with Crippen molar-refractivity contribution in [1.82, 2.24) is 15.0 Å². The summed E-state index contributed by atoms with van der Waals surface area (Å²) in [4.78, 5) is 13.0. The Bertz CT molecular complexity index is 1300. The number of hydrogen-bond acceptors (Lipinski definition) is 6. The molecule has 0 spiro atoms. The van der Waals surface area contributed by atoms with Crippen LogP contribution < -0.4 is 11.1 Å². The second-order valence-corrected chi connectivity index (χ2v) is 8.90. The first kappa shape index (κ1) is 23.0. The van der Waals surface area contributed by atoms with E-state index in [9.17, 15) is 9.50 Å². The molecule has 0 saturated heterocycles. The largest absolute Gasteiger partial charge is 0.382 e. The maximum absolute atomic E-state index is 14.5. The number of aliphatic hydroxyl groups is 1. The number of pyridine rings is 1. The Morgan fingerprint density at radius 1 is 1.06 bits per heavy atom. The molecule has 2 heterocycles. The number of nitrogens with one attached hydrogen (secondary N) is 1. The number of halogens is 2. The highest BCUT2D eigenvalue weighted by atomic mass is 35.5. The molecule has 2 aromatic heterocycles. The van der Waals surface area contributed by atoms with Crippen LogP contribution in [0, 0.1) is 5.82 Å². The van der Waals surface area contributed by atoms with Crippen molar-refractivity contribution in [3.05, 3.63) is 82.8 Å². The fraction of sp³-hybridized carbons (Fsp3) is 0.240. The van der Waals surface area contributed by atoms with Gasteiger partial charge in [-0.1, -0.05) is 23.7 Å². The summed E-state index contributed by atoms with van der Waals surface area (Å²) in [5.74, 6) is 0.0288. The van der Waals surface area contributed by atoms with E-state index in [2.05, 4.69) is 20.3 Å². The van der Waals surface area contributed by atoms with Crippen LogP contribution in [0.25, 0.3) is 22.0 Å². The third-order valence-corrected chi connectivity index (χ3v) is 5.76. The van der Waals surface area contributed by atoms with Gasteiger partial charge in [0.1, 0.15) is 11.4 Å². The van der Waals surface area contributed by atoms with Crippen molar-refractivity contribution in [3.8, 4) is 11.1 Å². The van der Waals surface area contributed by atoms with Crippen molar-refractivity contribution in [2.75, 3.05) is 5.32 Å². The molecule has 1 atom stereocenters. The standard InChI is InChI=1S/C25H25ClFN5O/c1-14(18-8-15(10-28)4-6-21(18)27)32-23-19-9-16(5-7-22(19)29-13-20(23)26)17-11-30-24(31-12-17)25(2,3)33/h4-9,11-14,33H,10,28H2,1-3H3,(H,29,32)/t14-/m1/s1. The van der Waals surface area contributed by atoms with Gasteiger partial charge >= 0.3 is 0 Å². The molecule has 8 heteroatoms. The summed E-state index contributed by atoms with van der Waals surface area (Å²) < 4.78 is 14.5. The molecule has 170 valence electrons. The van der Waals surface area contributed by atoms with Crippen LogP contribution in [0.3, 0.4) is 0 Å². The van der Waals surface area contributed by atoms with Crippen LogP contribution in [0.5, 0.6) is 0 Å². The molecule has 0 aliphatic rings. The zero-order valence-electron chi connectivity index (χ0n) is 18.6. The van der Waals surface area contributed by atoms with Gasteiger partial charge in [-0.3, -0.25) is 4.98 Å². The Hall–Kier alpha value is -3.13. The lowest BCUT2D eigenvalue weighted by Crippen LogP contribution is -2.19. The zero-order chi connectivity index (χ0) is 23.8. The molecule has 33 heavy (non-hydrogen) atoms. The Morgan fingerprint density at radius 3 is 2.45 bits per heavy atom. The summed E-state index contributed by atoms with van der Waals surface area (Å²) in [6, 6.07) is 10.3. The number of hydrogen-bond donors (Lipinski definition) is 3. The average Bonchev–Trinajstić information content (AvgIpc) is 2.80. The molecule has 0 aliphatic carbocycles. The summed E-state index contributed by atoms with van der Waals surface area (Å²) in [6.45, 7) is 5.47. The zero-order valence-corrected chi connectivity index (χ0v) is 19.4. The second kappa shape index (κ2) is 9.02. The third kappa shape index (κ3) is 4.80. The van der Waals surface area contributed by atoms with Gasteiger partial charge < -0.3 is 16.2 Å². The first-order chi connectivity index (χ1) is 15.7. The van der Waals surface area contributed by atoms with Crippen molar-refractivity contribution >= 4 is 28.2 Å². The van der Waals surface area contributed by atoms with Gasteiger partial charge in [-0.25, -0.2) is 14.4 Å². The third-order valence-electron chi connectivity index (χ3n) is 5.48. The van der Waals surface area contributed by atoms with Gasteiger partial charge in [-0.05, 0) is 56.2 Å². The fourth-order valence-corrected chi connectivity index (χ4v) is 3.84. The van der Waals surface area contributed by atoms with Gasteiger partial charge in [-0.2, -0.15) is 0 Å². The van der Waals surface area contributed by atoms with Crippen LogP contribution in [0.15, 0.2) is 55.0 Å². The first-order valence-electron chi connectivity index (χ1n) is 10.6. The average molecular weight is 466 g/mol. The molecule has 0 bridgehead atoms. The van der Waals surface area contributed by atoms with E-state index in [0.717, 1.165) is 27.6 Å². The molecule has 0 fully saturated rings. The SMILES string of the molecule is C[C@@H](Nc1c(Cl)cnc2ccc(-c3cnc(C(C)(C)O)nc3)cc12)c1cc(CN)ccc1F. The summed E-state index contributed by atoms with van der Waals surface area (Å²) in [7, 11) is 0. The Morgan fingerprint density at radius 2 is 1.79 bits per heavy atom. The minimum atomic E-state index is -1.12. The molecular formula is C25H25ClFN5O. The summed E-state index contributed by atoms with van der Waals surface area (Å²) >= 11 is 6.51. The summed E-state index contributed by atoms with van der Waals surface area (Å²) in [6.07, 6.45) is 4.91. The van der Waals surface area contributed by atoms with Crippen LogP contribution in [0.1, 0.15) is 43.8 Å². The predicted octanol–water partition coefficient (Wildman–Crippen LogP) is 5.34. The number of benzene rings is 2. The van der Waals surface area contributed by atoms with E-state index >= 15 is 0 Å². The maximum atomic E-state index is 14.5. The number of anilines is 1. The lowest BCUT2D eigenvalue weighted by Gasteiger charge is -2.20. The van der Waals surface area contributed by atoms with Crippen LogP contribution >= 0.6 is 11.6 Å². The highest BCUT2D eigenvalue weighted by Crippen LogP contribution is 2.35. The van der Waals surface area contributed by atoms with Crippen molar-refractivity contribution in [1.29, 1.82) is 0 Å². The molecule has 4 rings (SSSR count). The van der Waals surface area contributed by atoms with E-state index in [-0.39, 0.29) is 11.9 Å². The molecule has 4 aromatic rings. The second-order valence-electron chi connectivity index (χ2n) is 8.49. The first-order valence-corrected chi connectivity index (χ1v) is 10.9. The van der Waals surface area contributed by atoms with Gasteiger partial charge in [0.15, 0.2) is 5.82 Å². The summed E-state index contributed by atoms with van der Waals surface area (Å²) in [5, 5.41) is 14.7. The molecular weight excluding hydrogens is 441 g/mol. The molecule has 0 saturated carbocycles. The molecule has 0 amide bonds. The Kier molecular flexibility index (Phi) is 6.30. The monoisotopic (exact) mass is 465 g/mol. The van der Waals surface area contributed by atoms with E-state index in [1.165, 1.54) is 6.07 Å². The quantitative estimate of drug-likeness (QED) is 0.355. The molecule has 0 radical (unpaired) electrons. The van der Waals surface area contributed by atoms with Crippen molar-refractivity contribution < 1.29 is 9.50 Å². The van der Waals surface area contributed by atoms with Crippen molar-refractivity contribution in [2.24, 2.45) is 5.73 Å². The highest BCUT2D eigenvalue weighted by Gasteiger charge is 2.20. The minimum Gasteiger partial charge on any atom is -0.382 e. The molecule has 0 unspecified atom stereocenters. The van der Waals surface area contributed by atoms with Crippen LogP contribution in [0.2, 0.25) is 5.02 Å². The van der Waals surface area contributed by atoms with E-state index in [4.69, 9.17) is 17.3 Å². The van der Waals surface area contributed by atoms with Gasteiger partial charge in [-0.15, -0.1) is 0 Å².